The highest BCUT2D eigenvalue weighted by atomic mass is 32.2. The number of rotatable bonds is 3. The second-order valence-electron chi connectivity index (χ2n) is 3.71. The zero-order valence-corrected chi connectivity index (χ0v) is 9.54. The molecule has 0 spiro atoms. The van der Waals surface area contributed by atoms with Gasteiger partial charge in [0.2, 0.25) is 5.88 Å². The second kappa shape index (κ2) is 4.81. The van der Waals surface area contributed by atoms with Crippen LogP contribution < -0.4 is 10.5 Å². The molecule has 0 radical (unpaired) electrons. The monoisotopic (exact) mass is 225 g/mol. The van der Waals surface area contributed by atoms with Crippen LogP contribution in [0.25, 0.3) is 0 Å². The van der Waals surface area contributed by atoms with Gasteiger partial charge >= 0.3 is 0 Å². The van der Waals surface area contributed by atoms with Crippen LogP contribution in [0.15, 0.2) is 17.4 Å². The average Bonchev–Trinajstić information content (AvgIpc) is 2.64. The quantitative estimate of drug-likeness (QED) is 0.623. The van der Waals surface area contributed by atoms with E-state index in [0.29, 0.717) is 5.88 Å². The Morgan fingerprint density at radius 2 is 2.33 bits per heavy atom. The molecule has 1 fully saturated rings. The highest BCUT2D eigenvalue weighted by molar-refractivity contribution is 7.98. The van der Waals surface area contributed by atoms with Gasteiger partial charge < -0.3 is 10.5 Å². The summed E-state index contributed by atoms with van der Waals surface area (Å²) in [5.41, 5.74) is 5.82. The fourth-order valence-corrected chi connectivity index (χ4v) is 2.12. The summed E-state index contributed by atoms with van der Waals surface area (Å²) < 4.78 is 5.74. The summed E-state index contributed by atoms with van der Waals surface area (Å²) in [6.07, 6.45) is 6.75. The summed E-state index contributed by atoms with van der Waals surface area (Å²) in [5, 5.41) is 0.933. The number of nitrogens with zero attached hydrogens (tertiary/aromatic N) is 2. The van der Waals surface area contributed by atoms with E-state index in [9.17, 15) is 0 Å². The molecule has 2 unspecified atom stereocenters. The summed E-state index contributed by atoms with van der Waals surface area (Å²) in [6, 6.07) is 2.16. The Balaban J connectivity index is 1.98. The molecule has 1 saturated carbocycles. The molecule has 1 aromatic heterocycles. The van der Waals surface area contributed by atoms with Gasteiger partial charge in [0.15, 0.2) is 0 Å². The van der Waals surface area contributed by atoms with Crippen LogP contribution in [0, 0.1) is 0 Å². The molecule has 0 aromatic carbocycles. The van der Waals surface area contributed by atoms with E-state index in [1.54, 1.807) is 11.8 Å². The normalized spacial score (nSPS) is 25.5. The molecule has 15 heavy (non-hydrogen) atoms. The summed E-state index contributed by atoms with van der Waals surface area (Å²) in [7, 11) is 0. The van der Waals surface area contributed by atoms with Crippen molar-refractivity contribution >= 4 is 11.8 Å². The number of hydrogen-bond acceptors (Lipinski definition) is 5. The van der Waals surface area contributed by atoms with Gasteiger partial charge in [-0.1, -0.05) is 0 Å². The molecule has 0 aliphatic heterocycles. The van der Waals surface area contributed by atoms with Gasteiger partial charge in [-0.15, -0.1) is 11.8 Å². The van der Waals surface area contributed by atoms with E-state index < -0.39 is 0 Å². The summed E-state index contributed by atoms with van der Waals surface area (Å²) in [6.45, 7) is 0. The van der Waals surface area contributed by atoms with Gasteiger partial charge in [-0.25, -0.2) is 9.97 Å². The van der Waals surface area contributed by atoms with E-state index in [1.165, 1.54) is 6.33 Å². The zero-order valence-electron chi connectivity index (χ0n) is 8.72. The third-order valence-electron chi connectivity index (χ3n) is 2.54. The molecule has 0 amide bonds. The molecular formula is C10H15N3OS. The van der Waals surface area contributed by atoms with E-state index in [0.717, 1.165) is 24.3 Å². The Labute approximate surface area is 93.6 Å². The van der Waals surface area contributed by atoms with Crippen molar-refractivity contribution in [3.05, 3.63) is 12.4 Å². The maximum Gasteiger partial charge on any atom is 0.217 e. The third-order valence-corrected chi connectivity index (χ3v) is 3.18. The van der Waals surface area contributed by atoms with E-state index in [-0.39, 0.29) is 12.1 Å². The SMILES string of the molecule is CSc1cc(OC2CCC(N)C2)ncn1. The van der Waals surface area contributed by atoms with Gasteiger partial charge in [-0.05, 0) is 25.5 Å². The van der Waals surface area contributed by atoms with Gasteiger partial charge in [0, 0.05) is 12.1 Å². The van der Waals surface area contributed by atoms with E-state index in [2.05, 4.69) is 9.97 Å². The van der Waals surface area contributed by atoms with Crippen LogP contribution in [0.1, 0.15) is 19.3 Å². The average molecular weight is 225 g/mol. The van der Waals surface area contributed by atoms with Crippen molar-refractivity contribution in [2.45, 2.75) is 36.4 Å². The molecule has 1 heterocycles. The van der Waals surface area contributed by atoms with Crippen LogP contribution in [-0.4, -0.2) is 28.4 Å². The Bertz CT molecular complexity index is 334. The molecule has 0 saturated heterocycles. The van der Waals surface area contributed by atoms with Crippen LogP contribution in [-0.2, 0) is 0 Å². The molecule has 2 N–H and O–H groups in total. The van der Waals surface area contributed by atoms with E-state index >= 15 is 0 Å². The minimum Gasteiger partial charge on any atom is -0.474 e. The predicted molar refractivity (Wildman–Crippen MR) is 60.1 cm³/mol. The fourth-order valence-electron chi connectivity index (χ4n) is 1.75. The number of thioether (sulfide) groups is 1. The molecule has 5 heteroatoms. The number of hydrogen-bond donors (Lipinski definition) is 1. The second-order valence-corrected chi connectivity index (χ2v) is 4.54. The fraction of sp³-hybridized carbons (Fsp3) is 0.600. The van der Waals surface area contributed by atoms with Crippen molar-refractivity contribution < 1.29 is 4.74 Å². The smallest absolute Gasteiger partial charge is 0.217 e. The molecule has 1 aliphatic carbocycles. The molecular weight excluding hydrogens is 210 g/mol. The molecule has 1 aliphatic rings. The Hall–Kier alpha value is -0.810. The maximum atomic E-state index is 5.82. The van der Waals surface area contributed by atoms with Gasteiger partial charge in [-0.2, -0.15) is 0 Å². The molecule has 0 bridgehead atoms. The first-order valence-corrected chi connectivity index (χ1v) is 6.28. The molecule has 2 rings (SSSR count). The molecule has 82 valence electrons. The van der Waals surface area contributed by atoms with E-state index in [1.807, 2.05) is 12.3 Å². The molecule has 1 aromatic rings. The van der Waals surface area contributed by atoms with Crippen molar-refractivity contribution in [1.82, 2.24) is 9.97 Å². The summed E-state index contributed by atoms with van der Waals surface area (Å²) >= 11 is 1.59. The largest absolute Gasteiger partial charge is 0.474 e. The number of aromatic nitrogens is 2. The Morgan fingerprint density at radius 1 is 1.47 bits per heavy atom. The van der Waals surface area contributed by atoms with Crippen LogP contribution in [0.5, 0.6) is 5.88 Å². The number of ether oxygens (including phenoxy) is 1. The minimum atomic E-state index is 0.226. The lowest BCUT2D eigenvalue weighted by atomic mass is 10.3. The van der Waals surface area contributed by atoms with Gasteiger partial charge in [-0.3, -0.25) is 0 Å². The van der Waals surface area contributed by atoms with Crippen LogP contribution in [0.3, 0.4) is 0 Å². The van der Waals surface area contributed by atoms with Gasteiger partial charge in [0.25, 0.3) is 0 Å². The molecule has 4 nitrogen and oxygen atoms in total. The first-order valence-electron chi connectivity index (χ1n) is 5.06. The predicted octanol–water partition coefficient (Wildman–Crippen LogP) is 1.46. The van der Waals surface area contributed by atoms with Gasteiger partial charge in [0.1, 0.15) is 17.5 Å². The van der Waals surface area contributed by atoms with Crippen molar-refractivity contribution in [2.75, 3.05) is 6.26 Å². The first-order chi connectivity index (χ1) is 7.28. The molecule has 2 atom stereocenters. The lowest BCUT2D eigenvalue weighted by Gasteiger charge is -2.12. The maximum absolute atomic E-state index is 5.82. The summed E-state index contributed by atoms with van der Waals surface area (Å²) in [4.78, 5) is 8.18. The van der Waals surface area contributed by atoms with Crippen LogP contribution in [0.4, 0.5) is 0 Å². The van der Waals surface area contributed by atoms with Crippen molar-refractivity contribution in [2.24, 2.45) is 5.73 Å². The summed E-state index contributed by atoms with van der Waals surface area (Å²) in [5.74, 6) is 0.661. The van der Waals surface area contributed by atoms with Crippen LogP contribution in [0.2, 0.25) is 0 Å². The standard InChI is InChI=1S/C10H15N3OS/c1-15-10-5-9(12-6-13-10)14-8-3-2-7(11)4-8/h5-8H,2-4,11H2,1H3. The Morgan fingerprint density at radius 3 is 3.00 bits per heavy atom. The topological polar surface area (TPSA) is 61.0 Å². The van der Waals surface area contributed by atoms with E-state index in [4.69, 9.17) is 10.5 Å². The lowest BCUT2D eigenvalue weighted by molar-refractivity contribution is 0.198. The van der Waals surface area contributed by atoms with Gasteiger partial charge in [0.05, 0.1) is 0 Å². The van der Waals surface area contributed by atoms with Crippen molar-refractivity contribution in [1.29, 1.82) is 0 Å². The number of nitrogens with two attached hydrogens (primary N) is 1. The minimum absolute atomic E-state index is 0.226. The highest BCUT2D eigenvalue weighted by Gasteiger charge is 2.23. The van der Waals surface area contributed by atoms with Crippen LogP contribution >= 0.6 is 11.8 Å². The lowest BCUT2D eigenvalue weighted by Crippen LogP contribution is -2.19. The van der Waals surface area contributed by atoms with Crippen molar-refractivity contribution in [3.63, 3.8) is 0 Å². The van der Waals surface area contributed by atoms with Crippen molar-refractivity contribution in [3.8, 4) is 5.88 Å². The Kier molecular flexibility index (Phi) is 3.43. The zero-order chi connectivity index (χ0) is 10.7. The highest BCUT2D eigenvalue weighted by Crippen LogP contribution is 2.23. The third kappa shape index (κ3) is 2.82. The first kappa shape index (κ1) is 10.7.